The number of halogens is 2. The van der Waals surface area contributed by atoms with Gasteiger partial charge in [-0.05, 0) is 27.9 Å². The van der Waals surface area contributed by atoms with Crippen LogP contribution in [0.3, 0.4) is 0 Å². The van der Waals surface area contributed by atoms with Gasteiger partial charge in [0.15, 0.2) is 0 Å². The van der Waals surface area contributed by atoms with Crippen molar-refractivity contribution in [3.63, 3.8) is 0 Å². The van der Waals surface area contributed by atoms with Gasteiger partial charge in [-0.15, -0.1) is 0 Å². The van der Waals surface area contributed by atoms with Gasteiger partial charge in [0.25, 0.3) is 5.56 Å². The maximum Gasteiger partial charge on any atom is 0.283 e. The molecule has 0 aliphatic rings. The van der Waals surface area contributed by atoms with Gasteiger partial charge in [-0.3, -0.25) is 4.79 Å². The maximum atomic E-state index is 13.5. The van der Waals surface area contributed by atoms with Gasteiger partial charge in [0.1, 0.15) is 10.3 Å². The molecule has 21 heavy (non-hydrogen) atoms. The van der Waals surface area contributed by atoms with Crippen molar-refractivity contribution >= 4 is 21.6 Å². The van der Waals surface area contributed by atoms with Crippen LogP contribution in [0.4, 0.5) is 10.1 Å². The minimum atomic E-state index is -0.276. The highest BCUT2D eigenvalue weighted by Crippen LogP contribution is 2.18. The Morgan fingerprint density at radius 3 is 2.76 bits per heavy atom. The fourth-order valence-electron chi connectivity index (χ4n) is 1.90. The second-order valence-corrected chi connectivity index (χ2v) is 5.99. The Kier molecular flexibility index (Phi) is 5.12. The van der Waals surface area contributed by atoms with E-state index in [0.29, 0.717) is 34.7 Å². The van der Waals surface area contributed by atoms with Crippen LogP contribution in [0.25, 0.3) is 0 Å². The number of benzene rings is 1. The summed E-state index contributed by atoms with van der Waals surface area (Å²) in [5, 5.41) is 7.16. The molecular formula is C15H17BrFN3O. The number of nitrogens with one attached hydrogen (secondary N) is 1. The number of aromatic nitrogens is 2. The predicted octanol–water partition coefficient (Wildman–Crippen LogP) is 3.41. The van der Waals surface area contributed by atoms with Crippen LogP contribution in [0.1, 0.15) is 19.4 Å². The van der Waals surface area contributed by atoms with Crippen molar-refractivity contribution in [2.24, 2.45) is 5.92 Å². The van der Waals surface area contributed by atoms with Crippen molar-refractivity contribution in [3.8, 4) is 0 Å². The van der Waals surface area contributed by atoms with Crippen molar-refractivity contribution in [3.05, 3.63) is 56.7 Å². The van der Waals surface area contributed by atoms with Crippen LogP contribution in [0, 0.1) is 11.7 Å². The van der Waals surface area contributed by atoms with Crippen molar-refractivity contribution in [2.75, 3.05) is 5.32 Å². The molecule has 0 atom stereocenters. The molecule has 6 heteroatoms. The van der Waals surface area contributed by atoms with E-state index in [2.05, 4.69) is 26.3 Å². The molecule has 1 N–H and O–H groups in total. The first-order chi connectivity index (χ1) is 9.99. The third-order valence-corrected chi connectivity index (χ3v) is 3.72. The first kappa shape index (κ1) is 15.7. The van der Waals surface area contributed by atoms with Crippen LogP contribution in [0.2, 0.25) is 0 Å². The van der Waals surface area contributed by atoms with E-state index in [1.54, 1.807) is 24.4 Å². The van der Waals surface area contributed by atoms with E-state index in [0.717, 1.165) is 0 Å². The monoisotopic (exact) mass is 353 g/mol. The molecule has 4 nitrogen and oxygen atoms in total. The van der Waals surface area contributed by atoms with Crippen LogP contribution in [-0.4, -0.2) is 9.78 Å². The van der Waals surface area contributed by atoms with E-state index < -0.39 is 0 Å². The lowest BCUT2D eigenvalue weighted by molar-refractivity contribution is 0.462. The standard InChI is InChI=1S/C15H17BrFN3O/c1-10(2)9-20-15(21)14(16)13(8-19-20)18-7-11-5-3-4-6-12(11)17/h3-6,8,10,18H,7,9H2,1-2H3. The van der Waals surface area contributed by atoms with E-state index >= 15 is 0 Å². The lowest BCUT2D eigenvalue weighted by Gasteiger charge is -2.12. The van der Waals surface area contributed by atoms with Gasteiger partial charge >= 0.3 is 0 Å². The third kappa shape index (κ3) is 3.91. The summed E-state index contributed by atoms with van der Waals surface area (Å²) >= 11 is 3.28. The molecule has 1 aromatic carbocycles. The topological polar surface area (TPSA) is 46.9 Å². The lowest BCUT2D eigenvalue weighted by Crippen LogP contribution is -2.26. The smallest absolute Gasteiger partial charge is 0.283 e. The van der Waals surface area contributed by atoms with Crippen molar-refractivity contribution < 1.29 is 4.39 Å². The van der Waals surface area contributed by atoms with E-state index in [4.69, 9.17) is 0 Å². The summed E-state index contributed by atoms with van der Waals surface area (Å²) in [6.07, 6.45) is 1.58. The summed E-state index contributed by atoms with van der Waals surface area (Å²) in [4.78, 5) is 12.1. The molecule has 0 radical (unpaired) electrons. The average Bonchev–Trinajstić information content (AvgIpc) is 2.44. The predicted molar refractivity (Wildman–Crippen MR) is 84.8 cm³/mol. The van der Waals surface area contributed by atoms with Gasteiger partial charge in [-0.25, -0.2) is 9.07 Å². The largest absolute Gasteiger partial charge is 0.378 e. The molecule has 1 heterocycles. The summed E-state index contributed by atoms with van der Waals surface area (Å²) < 4.78 is 15.4. The number of anilines is 1. The molecule has 2 aromatic rings. The molecule has 0 aliphatic carbocycles. The van der Waals surface area contributed by atoms with Gasteiger partial charge in [0.2, 0.25) is 0 Å². The van der Waals surface area contributed by atoms with Gasteiger partial charge in [0, 0.05) is 18.7 Å². The zero-order valence-electron chi connectivity index (χ0n) is 11.9. The first-order valence-electron chi connectivity index (χ1n) is 6.72. The molecule has 0 saturated carbocycles. The molecule has 0 amide bonds. The Morgan fingerprint density at radius 1 is 1.38 bits per heavy atom. The fraction of sp³-hybridized carbons (Fsp3) is 0.333. The summed E-state index contributed by atoms with van der Waals surface area (Å²) in [7, 11) is 0. The van der Waals surface area contributed by atoms with Gasteiger partial charge in [-0.1, -0.05) is 32.0 Å². The van der Waals surface area contributed by atoms with Crippen LogP contribution in [-0.2, 0) is 13.1 Å². The highest BCUT2D eigenvalue weighted by atomic mass is 79.9. The van der Waals surface area contributed by atoms with Crippen LogP contribution in [0.5, 0.6) is 0 Å². The highest BCUT2D eigenvalue weighted by Gasteiger charge is 2.10. The van der Waals surface area contributed by atoms with Crippen molar-refractivity contribution in [1.29, 1.82) is 0 Å². The molecular weight excluding hydrogens is 337 g/mol. The molecule has 0 spiro atoms. The zero-order valence-corrected chi connectivity index (χ0v) is 13.5. The first-order valence-corrected chi connectivity index (χ1v) is 7.51. The van der Waals surface area contributed by atoms with E-state index in [1.807, 2.05) is 13.8 Å². The van der Waals surface area contributed by atoms with Gasteiger partial charge in [-0.2, -0.15) is 5.10 Å². The van der Waals surface area contributed by atoms with Gasteiger partial charge in [0.05, 0.1) is 11.9 Å². The molecule has 0 aliphatic heterocycles. The van der Waals surface area contributed by atoms with Gasteiger partial charge < -0.3 is 5.32 Å². The lowest BCUT2D eigenvalue weighted by atomic mass is 10.2. The second-order valence-electron chi connectivity index (χ2n) is 5.20. The Hall–Kier alpha value is -1.69. The van der Waals surface area contributed by atoms with Crippen molar-refractivity contribution in [1.82, 2.24) is 9.78 Å². The Balaban J connectivity index is 2.17. The number of hydrogen-bond donors (Lipinski definition) is 1. The quantitative estimate of drug-likeness (QED) is 0.895. The molecule has 2 rings (SSSR count). The average molecular weight is 354 g/mol. The van der Waals surface area contributed by atoms with Crippen LogP contribution >= 0.6 is 15.9 Å². The molecule has 0 unspecified atom stereocenters. The molecule has 0 bridgehead atoms. The molecule has 112 valence electrons. The second kappa shape index (κ2) is 6.85. The number of hydrogen-bond acceptors (Lipinski definition) is 3. The molecule has 1 aromatic heterocycles. The van der Waals surface area contributed by atoms with E-state index in [-0.39, 0.29) is 11.4 Å². The maximum absolute atomic E-state index is 13.5. The van der Waals surface area contributed by atoms with Crippen LogP contribution < -0.4 is 10.9 Å². The van der Waals surface area contributed by atoms with E-state index in [1.165, 1.54) is 10.7 Å². The Morgan fingerprint density at radius 2 is 2.10 bits per heavy atom. The summed E-state index contributed by atoms with van der Waals surface area (Å²) in [6.45, 7) is 4.89. The Bertz CT molecular complexity index is 685. The zero-order chi connectivity index (χ0) is 15.4. The fourth-order valence-corrected chi connectivity index (χ4v) is 2.34. The highest BCUT2D eigenvalue weighted by molar-refractivity contribution is 9.10. The van der Waals surface area contributed by atoms with Crippen LogP contribution in [0.15, 0.2) is 39.7 Å². The van der Waals surface area contributed by atoms with E-state index in [9.17, 15) is 9.18 Å². The minimum absolute atomic E-state index is 0.192. The number of rotatable bonds is 5. The molecule has 0 fully saturated rings. The van der Waals surface area contributed by atoms with Crippen molar-refractivity contribution in [2.45, 2.75) is 26.9 Å². The summed E-state index contributed by atoms with van der Waals surface area (Å²) in [6, 6.07) is 6.52. The Labute approximate surface area is 131 Å². The summed E-state index contributed by atoms with van der Waals surface area (Å²) in [5.74, 6) is 0.0570. The SMILES string of the molecule is CC(C)Cn1ncc(NCc2ccccc2F)c(Br)c1=O. The molecule has 0 saturated heterocycles. The third-order valence-electron chi connectivity index (χ3n) is 2.95. The summed E-state index contributed by atoms with van der Waals surface area (Å²) in [5.41, 5.74) is 0.904. The normalized spacial score (nSPS) is 10.9. The number of nitrogens with zero attached hydrogens (tertiary/aromatic N) is 2. The minimum Gasteiger partial charge on any atom is -0.378 e.